The second-order valence-electron chi connectivity index (χ2n) is 4.40. The van der Waals surface area contributed by atoms with Gasteiger partial charge >= 0.3 is 0 Å². The molecule has 0 saturated heterocycles. The Kier molecular flexibility index (Phi) is 6.58. The molecule has 3 nitrogen and oxygen atoms in total. The summed E-state index contributed by atoms with van der Waals surface area (Å²) in [6.07, 6.45) is 2.11. The highest BCUT2D eigenvalue weighted by Gasteiger charge is 2.12. The first-order valence-electron chi connectivity index (χ1n) is 6.82. The third kappa shape index (κ3) is 4.22. The highest BCUT2D eigenvalue weighted by atomic mass is 16.5. The fourth-order valence-corrected chi connectivity index (χ4v) is 2.03. The smallest absolute Gasteiger partial charge is 0.123 e. The van der Waals surface area contributed by atoms with Crippen molar-refractivity contribution in [1.82, 2.24) is 0 Å². The minimum atomic E-state index is 0.440. The van der Waals surface area contributed by atoms with Crippen LogP contribution in [0.5, 0.6) is 11.5 Å². The Morgan fingerprint density at radius 1 is 1.17 bits per heavy atom. The van der Waals surface area contributed by atoms with Gasteiger partial charge in [0.15, 0.2) is 0 Å². The first-order valence-corrected chi connectivity index (χ1v) is 6.82. The van der Waals surface area contributed by atoms with Crippen molar-refractivity contribution >= 4 is 0 Å². The second kappa shape index (κ2) is 7.98. The fourth-order valence-electron chi connectivity index (χ4n) is 2.03. The Morgan fingerprint density at radius 3 is 2.50 bits per heavy atom. The Bertz CT molecular complexity index is 352. The number of hydrogen-bond acceptors (Lipinski definition) is 3. The molecule has 0 aliphatic heterocycles. The van der Waals surface area contributed by atoms with Crippen LogP contribution in [0.15, 0.2) is 18.2 Å². The van der Waals surface area contributed by atoms with Gasteiger partial charge in [-0.25, -0.2) is 0 Å². The van der Waals surface area contributed by atoms with Crippen LogP contribution in [-0.4, -0.2) is 19.8 Å². The molecule has 18 heavy (non-hydrogen) atoms. The molecule has 0 radical (unpaired) electrons. The summed E-state index contributed by atoms with van der Waals surface area (Å²) in [6, 6.07) is 6.06. The highest BCUT2D eigenvalue weighted by molar-refractivity contribution is 5.42. The summed E-state index contributed by atoms with van der Waals surface area (Å²) in [5.74, 6) is 2.32. The van der Waals surface area contributed by atoms with E-state index in [0.29, 0.717) is 19.1 Å². The third-order valence-electron chi connectivity index (χ3n) is 2.96. The van der Waals surface area contributed by atoms with Crippen molar-refractivity contribution in [1.29, 1.82) is 0 Å². The highest BCUT2D eigenvalue weighted by Crippen LogP contribution is 2.33. The summed E-state index contributed by atoms with van der Waals surface area (Å²) >= 11 is 0. The lowest BCUT2D eigenvalue weighted by Crippen LogP contribution is -2.05. The molecule has 1 rings (SSSR count). The summed E-state index contributed by atoms with van der Waals surface area (Å²) in [5.41, 5.74) is 6.79. The molecule has 1 aromatic carbocycles. The first kappa shape index (κ1) is 14.8. The van der Waals surface area contributed by atoms with Gasteiger partial charge in [0.2, 0.25) is 0 Å². The van der Waals surface area contributed by atoms with Crippen molar-refractivity contribution in [3.05, 3.63) is 23.8 Å². The van der Waals surface area contributed by atoms with Crippen LogP contribution >= 0.6 is 0 Å². The van der Waals surface area contributed by atoms with Gasteiger partial charge in [0.1, 0.15) is 11.5 Å². The van der Waals surface area contributed by atoms with E-state index in [9.17, 15) is 0 Å². The molecule has 0 aromatic heterocycles. The van der Waals surface area contributed by atoms with Gasteiger partial charge in [-0.3, -0.25) is 0 Å². The van der Waals surface area contributed by atoms with Crippen LogP contribution in [0.2, 0.25) is 0 Å². The summed E-state index contributed by atoms with van der Waals surface area (Å²) < 4.78 is 11.2. The Labute approximate surface area is 110 Å². The number of nitrogens with two attached hydrogens (primary N) is 1. The van der Waals surface area contributed by atoms with Crippen LogP contribution in [0.3, 0.4) is 0 Å². The van der Waals surface area contributed by atoms with Gasteiger partial charge in [0.25, 0.3) is 0 Å². The van der Waals surface area contributed by atoms with Crippen molar-refractivity contribution in [2.45, 2.75) is 39.5 Å². The average molecular weight is 251 g/mol. The molecule has 2 N–H and O–H groups in total. The topological polar surface area (TPSA) is 44.5 Å². The molecule has 0 fully saturated rings. The molecule has 1 unspecified atom stereocenters. The maximum Gasteiger partial charge on any atom is 0.123 e. The predicted octanol–water partition coefficient (Wildman–Crippen LogP) is 3.33. The Balaban J connectivity index is 2.90. The van der Waals surface area contributed by atoms with Crippen LogP contribution in [0.25, 0.3) is 0 Å². The number of rotatable bonds is 8. The molecule has 1 atom stereocenters. The lowest BCUT2D eigenvalue weighted by molar-refractivity contribution is 0.325. The van der Waals surface area contributed by atoms with Gasteiger partial charge in [-0.15, -0.1) is 0 Å². The van der Waals surface area contributed by atoms with E-state index < -0.39 is 0 Å². The van der Waals surface area contributed by atoms with Crippen molar-refractivity contribution in [2.75, 3.05) is 19.8 Å². The molecule has 0 aliphatic rings. The lowest BCUT2D eigenvalue weighted by atomic mass is 9.95. The average Bonchev–Trinajstić information content (AvgIpc) is 2.38. The van der Waals surface area contributed by atoms with Gasteiger partial charge in [-0.2, -0.15) is 0 Å². The van der Waals surface area contributed by atoms with Gasteiger partial charge in [-0.05, 0) is 57.4 Å². The molecular formula is C15H25NO2. The van der Waals surface area contributed by atoms with E-state index in [4.69, 9.17) is 15.2 Å². The second-order valence-corrected chi connectivity index (χ2v) is 4.40. The normalized spacial score (nSPS) is 12.2. The number of benzene rings is 1. The molecule has 0 amide bonds. The maximum atomic E-state index is 5.68. The van der Waals surface area contributed by atoms with E-state index in [1.807, 2.05) is 26.0 Å². The van der Waals surface area contributed by atoms with E-state index in [1.165, 1.54) is 5.56 Å². The zero-order valence-corrected chi connectivity index (χ0v) is 11.7. The Hall–Kier alpha value is -1.22. The molecule has 0 heterocycles. The van der Waals surface area contributed by atoms with Crippen LogP contribution < -0.4 is 15.2 Å². The molecule has 3 heteroatoms. The van der Waals surface area contributed by atoms with Gasteiger partial charge in [0.05, 0.1) is 13.2 Å². The summed E-state index contributed by atoms with van der Waals surface area (Å²) in [4.78, 5) is 0. The minimum absolute atomic E-state index is 0.440. The zero-order chi connectivity index (χ0) is 13.4. The van der Waals surface area contributed by atoms with Crippen molar-refractivity contribution < 1.29 is 9.47 Å². The third-order valence-corrected chi connectivity index (χ3v) is 2.96. The molecule has 0 aliphatic carbocycles. The van der Waals surface area contributed by atoms with Crippen molar-refractivity contribution in [3.8, 4) is 11.5 Å². The molecule has 1 aromatic rings. The molecule has 0 saturated carbocycles. The SMILES string of the molecule is CCOc1ccc(OCC)c(C(C)CCCN)c1. The lowest BCUT2D eigenvalue weighted by Gasteiger charge is -2.17. The largest absolute Gasteiger partial charge is 0.494 e. The van der Waals surface area contributed by atoms with Gasteiger partial charge in [0, 0.05) is 5.56 Å². The zero-order valence-electron chi connectivity index (χ0n) is 11.7. The molecule has 0 spiro atoms. The van der Waals surface area contributed by atoms with Gasteiger partial charge < -0.3 is 15.2 Å². The van der Waals surface area contributed by atoms with Crippen LogP contribution in [0, 0.1) is 0 Å². The molecular weight excluding hydrogens is 226 g/mol. The number of ether oxygens (including phenoxy) is 2. The monoisotopic (exact) mass is 251 g/mol. The van der Waals surface area contributed by atoms with E-state index in [-0.39, 0.29) is 0 Å². The van der Waals surface area contributed by atoms with Crippen LogP contribution in [0.4, 0.5) is 0 Å². The first-order chi connectivity index (χ1) is 8.72. The van der Waals surface area contributed by atoms with Gasteiger partial charge in [-0.1, -0.05) is 6.92 Å². The van der Waals surface area contributed by atoms with Crippen molar-refractivity contribution in [2.24, 2.45) is 5.73 Å². The summed E-state index contributed by atoms with van der Waals surface area (Å²) in [6.45, 7) is 8.32. The molecule has 102 valence electrons. The summed E-state index contributed by atoms with van der Waals surface area (Å²) in [5, 5.41) is 0. The van der Waals surface area contributed by atoms with Crippen LogP contribution in [-0.2, 0) is 0 Å². The van der Waals surface area contributed by atoms with E-state index in [0.717, 1.165) is 30.9 Å². The fraction of sp³-hybridized carbons (Fsp3) is 0.600. The van der Waals surface area contributed by atoms with E-state index >= 15 is 0 Å². The standard InChI is InChI=1S/C15H25NO2/c1-4-17-13-8-9-15(18-5-2)14(11-13)12(3)7-6-10-16/h8-9,11-12H,4-7,10,16H2,1-3H3. The number of hydrogen-bond donors (Lipinski definition) is 1. The van der Waals surface area contributed by atoms with E-state index in [2.05, 4.69) is 13.0 Å². The maximum absolute atomic E-state index is 5.68. The van der Waals surface area contributed by atoms with Crippen molar-refractivity contribution in [3.63, 3.8) is 0 Å². The molecule has 0 bridgehead atoms. The minimum Gasteiger partial charge on any atom is -0.494 e. The van der Waals surface area contributed by atoms with Crippen LogP contribution in [0.1, 0.15) is 45.1 Å². The summed E-state index contributed by atoms with van der Waals surface area (Å²) in [7, 11) is 0. The quantitative estimate of drug-likeness (QED) is 0.770. The van der Waals surface area contributed by atoms with E-state index in [1.54, 1.807) is 0 Å². The predicted molar refractivity (Wildman–Crippen MR) is 75.5 cm³/mol. The Morgan fingerprint density at radius 2 is 1.89 bits per heavy atom.